The SMILES string of the molecule is CNC(=O)c1cnc(N(C)Cc2cc3nc(-c4cccc(C(=O)O)c4)nc(N4CCOCC4)c3s2)nc1. The Morgan fingerprint density at radius 3 is 2.59 bits per heavy atom. The summed E-state index contributed by atoms with van der Waals surface area (Å²) in [5.74, 6) is 0.549. The number of amides is 1. The first-order chi connectivity index (χ1) is 17.9. The number of carboxylic acids is 1. The first-order valence-electron chi connectivity index (χ1n) is 11.6. The van der Waals surface area contributed by atoms with Crippen molar-refractivity contribution in [2.24, 2.45) is 0 Å². The topological polar surface area (TPSA) is 134 Å². The summed E-state index contributed by atoms with van der Waals surface area (Å²) < 4.78 is 6.49. The second-order valence-electron chi connectivity index (χ2n) is 8.49. The predicted octanol–water partition coefficient (Wildman–Crippen LogP) is 2.68. The van der Waals surface area contributed by atoms with E-state index in [0.29, 0.717) is 55.7 Å². The summed E-state index contributed by atoms with van der Waals surface area (Å²) in [6, 6.07) is 8.68. The molecule has 12 heteroatoms. The van der Waals surface area contributed by atoms with Gasteiger partial charge in [0.05, 0.1) is 41.1 Å². The third-order valence-electron chi connectivity index (χ3n) is 5.94. The Morgan fingerprint density at radius 1 is 1.14 bits per heavy atom. The van der Waals surface area contributed by atoms with Gasteiger partial charge in [0.25, 0.3) is 5.91 Å². The van der Waals surface area contributed by atoms with Crippen LogP contribution in [0.15, 0.2) is 42.7 Å². The van der Waals surface area contributed by atoms with Crippen molar-refractivity contribution in [2.45, 2.75) is 6.54 Å². The van der Waals surface area contributed by atoms with Gasteiger partial charge in [-0.2, -0.15) is 0 Å². The fourth-order valence-corrected chi connectivity index (χ4v) is 5.20. The van der Waals surface area contributed by atoms with Gasteiger partial charge in [-0.1, -0.05) is 12.1 Å². The Hall–Kier alpha value is -4.16. The molecule has 4 heterocycles. The summed E-state index contributed by atoms with van der Waals surface area (Å²) in [5, 5.41) is 12.0. The van der Waals surface area contributed by atoms with E-state index in [9.17, 15) is 14.7 Å². The molecule has 4 aromatic rings. The first kappa shape index (κ1) is 24.5. The van der Waals surface area contributed by atoms with Gasteiger partial charge in [-0.25, -0.2) is 24.7 Å². The van der Waals surface area contributed by atoms with Crippen molar-refractivity contribution in [1.29, 1.82) is 0 Å². The fraction of sp³-hybridized carbons (Fsp3) is 0.280. The molecule has 0 atom stereocenters. The molecule has 2 N–H and O–H groups in total. The molecule has 1 aliphatic rings. The van der Waals surface area contributed by atoms with Gasteiger partial charge in [-0.05, 0) is 18.2 Å². The Labute approximate surface area is 216 Å². The van der Waals surface area contributed by atoms with E-state index in [0.717, 1.165) is 20.9 Å². The van der Waals surface area contributed by atoms with E-state index in [1.54, 1.807) is 36.6 Å². The highest BCUT2D eigenvalue weighted by molar-refractivity contribution is 7.19. The lowest BCUT2D eigenvalue weighted by molar-refractivity contribution is 0.0696. The zero-order valence-electron chi connectivity index (χ0n) is 20.3. The van der Waals surface area contributed by atoms with Crippen LogP contribution in [0.1, 0.15) is 25.6 Å². The van der Waals surface area contributed by atoms with E-state index < -0.39 is 5.97 Å². The van der Waals surface area contributed by atoms with Crippen LogP contribution in [0.4, 0.5) is 11.8 Å². The number of hydrogen-bond donors (Lipinski definition) is 2. The number of thiophene rings is 1. The van der Waals surface area contributed by atoms with Crippen LogP contribution in [0.3, 0.4) is 0 Å². The van der Waals surface area contributed by atoms with Gasteiger partial charge in [0, 0.05) is 50.0 Å². The van der Waals surface area contributed by atoms with Gasteiger partial charge in [-0.3, -0.25) is 4.79 Å². The van der Waals surface area contributed by atoms with Crippen molar-refractivity contribution < 1.29 is 19.4 Å². The summed E-state index contributed by atoms with van der Waals surface area (Å²) in [6.07, 6.45) is 3.00. The molecular formula is C25H25N7O4S. The van der Waals surface area contributed by atoms with Gasteiger partial charge in [0.1, 0.15) is 0 Å². The summed E-state index contributed by atoms with van der Waals surface area (Å²) in [5.41, 5.74) is 2.01. The maximum atomic E-state index is 11.8. The molecular weight excluding hydrogens is 494 g/mol. The highest BCUT2D eigenvalue weighted by Crippen LogP contribution is 2.35. The molecule has 1 saturated heterocycles. The van der Waals surface area contributed by atoms with E-state index in [1.165, 1.54) is 12.4 Å². The molecule has 1 fully saturated rings. The lowest BCUT2D eigenvalue weighted by Gasteiger charge is -2.28. The second-order valence-corrected chi connectivity index (χ2v) is 9.63. The average molecular weight is 520 g/mol. The van der Waals surface area contributed by atoms with Crippen LogP contribution in [0.2, 0.25) is 0 Å². The average Bonchev–Trinajstić information content (AvgIpc) is 3.35. The molecule has 3 aromatic heterocycles. The van der Waals surface area contributed by atoms with E-state index in [-0.39, 0.29) is 11.5 Å². The molecule has 1 aliphatic heterocycles. The molecule has 0 saturated carbocycles. The Bertz CT molecular complexity index is 1450. The number of carbonyl (C=O) groups is 2. The summed E-state index contributed by atoms with van der Waals surface area (Å²) in [7, 11) is 3.45. The van der Waals surface area contributed by atoms with Crippen LogP contribution in [0, 0.1) is 0 Å². The van der Waals surface area contributed by atoms with Crippen molar-refractivity contribution in [3.63, 3.8) is 0 Å². The zero-order chi connectivity index (χ0) is 25.9. The number of carbonyl (C=O) groups excluding carboxylic acids is 1. The monoisotopic (exact) mass is 519 g/mol. The smallest absolute Gasteiger partial charge is 0.335 e. The van der Waals surface area contributed by atoms with Crippen LogP contribution >= 0.6 is 11.3 Å². The Kier molecular flexibility index (Phi) is 6.93. The van der Waals surface area contributed by atoms with E-state index >= 15 is 0 Å². The first-order valence-corrected chi connectivity index (χ1v) is 12.5. The predicted molar refractivity (Wildman–Crippen MR) is 140 cm³/mol. The van der Waals surface area contributed by atoms with Crippen LogP contribution in [0.5, 0.6) is 0 Å². The minimum absolute atomic E-state index is 0.184. The fourth-order valence-electron chi connectivity index (χ4n) is 4.04. The standard InChI is InChI=1S/C25H25N7O4S/c1-26-23(33)17-12-27-25(28-13-17)31(2)14-18-11-19-20(37-18)22(32-6-8-36-9-7-32)30-21(29-19)15-4-3-5-16(10-15)24(34)35/h3-5,10-13H,6-9,14H2,1-2H3,(H,26,33)(H,34,35). The Balaban J connectivity index is 1.50. The number of nitrogens with one attached hydrogen (secondary N) is 1. The minimum atomic E-state index is -0.997. The third kappa shape index (κ3) is 5.20. The van der Waals surface area contributed by atoms with Crippen molar-refractivity contribution in [3.05, 3.63) is 58.7 Å². The van der Waals surface area contributed by atoms with Crippen LogP contribution in [-0.4, -0.2) is 77.3 Å². The normalized spacial score (nSPS) is 13.5. The van der Waals surface area contributed by atoms with E-state index in [4.69, 9.17) is 14.7 Å². The maximum Gasteiger partial charge on any atom is 0.335 e. The largest absolute Gasteiger partial charge is 0.478 e. The van der Waals surface area contributed by atoms with Gasteiger partial charge in [-0.15, -0.1) is 11.3 Å². The molecule has 1 amide bonds. The molecule has 0 aliphatic carbocycles. The number of fused-ring (bicyclic) bond motifs is 1. The molecule has 11 nitrogen and oxygen atoms in total. The number of ether oxygens (including phenoxy) is 1. The summed E-state index contributed by atoms with van der Waals surface area (Å²) >= 11 is 1.60. The van der Waals surface area contributed by atoms with Gasteiger partial charge >= 0.3 is 5.97 Å². The molecule has 1 aromatic carbocycles. The van der Waals surface area contributed by atoms with Gasteiger partial charge < -0.3 is 25.0 Å². The van der Waals surface area contributed by atoms with Crippen molar-refractivity contribution in [3.8, 4) is 11.4 Å². The summed E-state index contributed by atoms with van der Waals surface area (Å²) in [4.78, 5) is 46.7. The van der Waals surface area contributed by atoms with E-state index in [1.807, 2.05) is 24.1 Å². The molecule has 5 rings (SSSR count). The molecule has 0 bridgehead atoms. The van der Waals surface area contributed by atoms with Crippen LogP contribution in [0.25, 0.3) is 21.6 Å². The third-order valence-corrected chi connectivity index (χ3v) is 7.05. The van der Waals surface area contributed by atoms with Crippen LogP contribution in [-0.2, 0) is 11.3 Å². The lowest BCUT2D eigenvalue weighted by atomic mass is 10.1. The zero-order valence-corrected chi connectivity index (χ0v) is 21.2. The molecule has 0 unspecified atom stereocenters. The van der Waals surface area contributed by atoms with Gasteiger partial charge in [0.2, 0.25) is 5.95 Å². The number of benzene rings is 1. The van der Waals surface area contributed by atoms with Crippen LogP contribution < -0.4 is 15.1 Å². The second kappa shape index (κ2) is 10.4. The number of carboxylic acid groups (broad SMARTS) is 1. The van der Waals surface area contributed by atoms with Gasteiger partial charge in [0.15, 0.2) is 11.6 Å². The molecule has 190 valence electrons. The number of aromatic carboxylic acids is 1. The highest BCUT2D eigenvalue weighted by atomic mass is 32.1. The highest BCUT2D eigenvalue weighted by Gasteiger charge is 2.21. The minimum Gasteiger partial charge on any atom is -0.478 e. The summed E-state index contributed by atoms with van der Waals surface area (Å²) in [6.45, 7) is 3.17. The number of hydrogen-bond acceptors (Lipinski definition) is 10. The van der Waals surface area contributed by atoms with Crippen molar-refractivity contribution in [1.82, 2.24) is 25.3 Å². The molecule has 0 spiro atoms. The quantitative estimate of drug-likeness (QED) is 0.375. The van der Waals surface area contributed by atoms with Crippen molar-refractivity contribution >= 4 is 45.2 Å². The molecule has 0 radical (unpaired) electrons. The van der Waals surface area contributed by atoms with Crippen molar-refractivity contribution in [2.75, 3.05) is 50.2 Å². The number of rotatable bonds is 7. The maximum absolute atomic E-state index is 11.8. The number of nitrogens with zero attached hydrogens (tertiary/aromatic N) is 6. The number of anilines is 2. The number of morpholine rings is 1. The molecule has 37 heavy (non-hydrogen) atoms. The lowest BCUT2D eigenvalue weighted by Crippen LogP contribution is -2.36. The van der Waals surface area contributed by atoms with E-state index in [2.05, 4.69) is 20.2 Å². The number of aromatic nitrogens is 4. The Morgan fingerprint density at radius 2 is 1.89 bits per heavy atom.